The molecule has 2 rings (SSSR count). The zero-order valence-corrected chi connectivity index (χ0v) is 15.0. The minimum absolute atomic E-state index is 0.0711. The molecular formula is C18H28N4O3. The van der Waals surface area contributed by atoms with E-state index >= 15 is 0 Å². The van der Waals surface area contributed by atoms with E-state index in [4.69, 9.17) is 9.47 Å². The van der Waals surface area contributed by atoms with Crippen molar-refractivity contribution in [2.45, 2.75) is 31.9 Å². The monoisotopic (exact) mass is 348 g/mol. The van der Waals surface area contributed by atoms with Crippen LogP contribution in [0.1, 0.15) is 24.8 Å². The van der Waals surface area contributed by atoms with Gasteiger partial charge in [0.2, 0.25) is 0 Å². The average molecular weight is 348 g/mol. The van der Waals surface area contributed by atoms with E-state index in [1.54, 1.807) is 14.2 Å². The smallest absolute Gasteiger partial charge is 0.253 e. The van der Waals surface area contributed by atoms with E-state index in [9.17, 15) is 4.79 Å². The second kappa shape index (κ2) is 10.7. The molecule has 1 amide bonds. The summed E-state index contributed by atoms with van der Waals surface area (Å²) in [5, 5.41) is 9.41. The van der Waals surface area contributed by atoms with E-state index in [-0.39, 0.29) is 12.0 Å². The van der Waals surface area contributed by atoms with Crippen molar-refractivity contribution < 1.29 is 14.3 Å². The van der Waals surface area contributed by atoms with Crippen LogP contribution in [0.15, 0.2) is 29.3 Å². The summed E-state index contributed by atoms with van der Waals surface area (Å²) < 4.78 is 10.4. The molecule has 7 heteroatoms. The number of benzene rings is 1. The number of nitrogens with one attached hydrogen (secondary N) is 3. The second-order valence-electron chi connectivity index (χ2n) is 5.89. The Balaban J connectivity index is 1.80. The maximum absolute atomic E-state index is 12.1. The van der Waals surface area contributed by atoms with Crippen LogP contribution in [-0.4, -0.2) is 51.9 Å². The fourth-order valence-corrected chi connectivity index (χ4v) is 2.60. The molecule has 3 N–H and O–H groups in total. The Morgan fingerprint density at radius 3 is 3.00 bits per heavy atom. The Labute approximate surface area is 149 Å². The Morgan fingerprint density at radius 2 is 2.28 bits per heavy atom. The highest BCUT2D eigenvalue weighted by atomic mass is 16.5. The molecule has 1 unspecified atom stereocenters. The van der Waals surface area contributed by atoms with Crippen LogP contribution in [0.5, 0.6) is 0 Å². The van der Waals surface area contributed by atoms with Gasteiger partial charge < -0.3 is 25.4 Å². The number of amides is 1. The van der Waals surface area contributed by atoms with Crippen LogP contribution in [-0.2, 0) is 20.8 Å². The molecule has 1 atom stereocenters. The van der Waals surface area contributed by atoms with Crippen molar-refractivity contribution in [1.29, 1.82) is 0 Å². The first kappa shape index (κ1) is 19.2. The third-order valence-corrected chi connectivity index (χ3v) is 3.92. The Hall–Kier alpha value is -2.12. The highest BCUT2D eigenvalue weighted by Gasteiger charge is 2.23. The van der Waals surface area contributed by atoms with Crippen LogP contribution in [0.25, 0.3) is 0 Å². The number of carbonyl (C=O) groups excluding carboxylic acids is 1. The predicted octanol–water partition coefficient (Wildman–Crippen LogP) is 1.51. The SMILES string of the molecule is CN=C(NCCCOC)NCc1cccc(NC(=O)C2CCCO2)c1. The molecule has 0 bridgehead atoms. The summed E-state index contributed by atoms with van der Waals surface area (Å²) in [5.74, 6) is 0.670. The highest BCUT2D eigenvalue weighted by Crippen LogP contribution is 2.16. The molecular weight excluding hydrogens is 320 g/mol. The summed E-state index contributed by atoms with van der Waals surface area (Å²) in [7, 11) is 3.43. The van der Waals surface area contributed by atoms with Crippen LogP contribution in [0.3, 0.4) is 0 Å². The third kappa shape index (κ3) is 6.72. The van der Waals surface area contributed by atoms with Crippen LogP contribution < -0.4 is 16.0 Å². The van der Waals surface area contributed by atoms with Gasteiger partial charge in [-0.25, -0.2) is 0 Å². The lowest BCUT2D eigenvalue weighted by molar-refractivity contribution is -0.124. The largest absolute Gasteiger partial charge is 0.385 e. The first-order valence-electron chi connectivity index (χ1n) is 8.68. The molecule has 1 saturated heterocycles. The Bertz CT molecular complexity index is 571. The number of carbonyl (C=O) groups is 1. The summed E-state index contributed by atoms with van der Waals surface area (Å²) in [6.45, 7) is 2.80. The number of nitrogens with zero attached hydrogens (tertiary/aromatic N) is 1. The van der Waals surface area contributed by atoms with Crippen molar-refractivity contribution in [2.24, 2.45) is 4.99 Å². The normalized spacial score (nSPS) is 17.4. The molecule has 1 aliphatic heterocycles. The third-order valence-electron chi connectivity index (χ3n) is 3.92. The van der Waals surface area contributed by atoms with Gasteiger partial charge in [-0.1, -0.05) is 12.1 Å². The first-order valence-corrected chi connectivity index (χ1v) is 8.68. The summed E-state index contributed by atoms with van der Waals surface area (Å²) in [5.41, 5.74) is 1.84. The maximum atomic E-state index is 12.1. The predicted molar refractivity (Wildman–Crippen MR) is 98.7 cm³/mol. The van der Waals surface area contributed by atoms with Gasteiger partial charge in [0.15, 0.2) is 5.96 Å². The van der Waals surface area contributed by atoms with E-state index in [0.717, 1.165) is 49.6 Å². The van der Waals surface area contributed by atoms with Gasteiger partial charge in [-0.15, -0.1) is 0 Å². The van der Waals surface area contributed by atoms with Crippen molar-refractivity contribution in [2.75, 3.05) is 39.2 Å². The molecule has 0 radical (unpaired) electrons. The Kier molecular flexibility index (Phi) is 8.21. The number of hydrogen-bond acceptors (Lipinski definition) is 4. The minimum atomic E-state index is -0.322. The molecule has 0 saturated carbocycles. The number of methoxy groups -OCH3 is 1. The van der Waals surface area contributed by atoms with Gasteiger partial charge in [0.05, 0.1) is 0 Å². The van der Waals surface area contributed by atoms with E-state index in [2.05, 4.69) is 20.9 Å². The molecule has 25 heavy (non-hydrogen) atoms. The summed E-state index contributed by atoms with van der Waals surface area (Å²) >= 11 is 0. The lowest BCUT2D eigenvalue weighted by Crippen LogP contribution is -2.37. The number of anilines is 1. The molecule has 0 aromatic heterocycles. The van der Waals surface area contributed by atoms with Crippen LogP contribution in [0.4, 0.5) is 5.69 Å². The van der Waals surface area contributed by atoms with Crippen molar-refractivity contribution >= 4 is 17.6 Å². The second-order valence-corrected chi connectivity index (χ2v) is 5.89. The molecule has 0 spiro atoms. The number of rotatable bonds is 8. The topological polar surface area (TPSA) is 84.0 Å². The van der Waals surface area contributed by atoms with Crippen LogP contribution in [0, 0.1) is 0 Å². The Morgan fingerprint density at radius 1 is 1.40 bits per heavy atom. The zero-order chi connectivity index (χ0) is 17.9. The minimum Gasteiger partial charge on any atom is -0.385 e. The summed E-state index contributed by atoms with van der Waals surface area (Å²) in [6.07, 6.45) is 2.33. The number of guanidine groups is 1. The van der Waals surface area contributed by atoms with Crippen LogP contribution in [0.2, 0.25) is 0 Å². The van der Waals surface area contributed by atoms with E-state index in [1.165, 1.54) is 0 Å². The van der Waals surface area contributed by atoms with Crippen molar-refractivity contribution in [3.05, 3.63) is 29.8 Å². The molecule has 138 valence electrons. The molecule has 1 heterocycles. The number of hydrogen-bond donors (Lipinski definition) is 3. The molecule has 0 aliphatic carbocycles. The molecule has 1 aromatic carbocycles. The highest BCUT2D eigenvalue weighted by molar-refractivity contribution is 5.94. The number of ether oxygens (including phenoxy) is 2. The fourth-order valence-electron chi connectivity index (χ4n) is 2.60. The quantitative estimate of drug-likeness (QED) is 0.377. The average Bonchev–Trinajstić information content (AvgIpc) is 3.16. The van der Waals surface area contributed by atoms with Gasteiger partial charge >= 0.3 is 0 Å². The molecule has 1 fully saturated rings. The van der Waals surface area contributed by atoms with Crippen LogP contribution >= 0.6 is 0 Å². The van der Waals surface area contributed by atoms with Gasteiger partial charge in [-0.2, -0.15) is 0 Å². The standard InChI is InChI=1S/C18H28N4O3/c1-19-18(20-9-5-10-24-2)21-13-14-6-3-7-15(12-14)22-17(23)16-8-4-11-25-16/h3,6-7,12,16H,4-5,8-11,13H2,1-2H3,(H,22,23)(H2,19,20,21). The van der Waals surface area contributed by atoms with Gasteiger partial charge in [-0.05, 0) is 37.0 Å². The molecule has 1 aliphatic rings. The van der Waals surface area contributed by atoms with Gasteiger partial charge in [0, 0.05) is 46.1 Å². The van der Waals surface area contributed by atoms with E-state index in [1.807, 2.05) is 24.3 Å². The molecule has 1 aromatic rings. The fraction of sp³-hybridized carbons (Fsp3) is 0.556. The van der Waals surface area contributed by atoms with Gasteiger partial charge in [0.25, 0.3) is 5.91 Å². The first-order chi connectivity index (χ1) is 12.2. The van der Waals surface area contributed by atoms with Crippen molar-refractivity contribution in [3.8, 4) is 0 Å². The van der Waals surface area contributed by atoms with Crippen molar-refractivity contribution in [3.63, 3.8) is 0 Å². The maximum Gasteiger partial charge on any atom is 0.253 e. The number of aliphatic imine (C=N–C) groups is 1. The summed E-state index contributed by atoms with van der Waals surface area (Å²) in [4.78, 5) is 16.3. The molecule has 7 nitrogen and oxygen atoms in total. The lowest BCUT2D eigenvalue weighted by atomic mass is 10.2. The van der Waals surface area contributed by atoms with E-state index < -0.39 is 0 Å². The van der Waals surface area contributed by atoms with Gasteiger partial charge in [-0.3, -0.25) is 9.79 Å². The van der Waals surface area contributed by atoms with E-state index in [0.29, 0.717) is 13.2 Å². The summed E-state index contributed by atoms with van der Waals surface area (Å²) in [6, 6.07) is 7.77. The van der Waals surface area contributed by atoms with Gasteiger partial charge in [0.1, 0.15) is 6.10 Å². The zero-order valence-electron chi connectivity index (χ0n) is 15.0. The van der Waals surface area contributed by atoms with Crippen molar-refractivity contribution in [1.82, 2.24) is 10.6 Å². The lowest BCUT2D eigenvalue weighted by Gasteiger charge is -2.13.